The zero-order valence-electron chi connectivity index (χ0n) is 15.2. The molecule has 2 N–H and O–H groups in total. The molecule has 1 rings (SSSR count). The molecule has 25 heavy (non-hydrogen) atoms. The molecule has 1 unspecified atom stereocenters. The van der Waals surface area contributed by atoms with Gasteiger partial charge in [-0.3, -0.25) is 24.1 Å². The number of carbonyl (C=O) groups excluding carboxylic acids is 4. The molecule has 0 fully saturated rings. The summed E-state index contributed by atoms with van der Waals surface area (Å²) in [4.78, 5) is 47.2. The smallest absolute Gasteiger partial charge is 0.253 e. The number of hydrogen-bond acceptors (Lipinski definition) is 4. The molecule has 0 aromatic rings. The van der Waals surface area contributed by atoms with Gasteiger partial charge in [0.15, 0.2) is 0 Å². The molecule has 0 bridgehead atoms. The van der Waals surface area contributed by atoms with Gasteiger partial charge in [0, 0.05) is 44.6 Å². The molecular weight excluding hydrogens is 322 g/mol. The molecule has 1 heterocycles. The highest BCUT2D eigenvalue weighted by molar-refractivity contribution is 6.12. The Morgan fingerprint density at radius 2 is 1.56 bits per heavy atom. The Kier molecular flexibility index (Phi) is 9.50. The molecular formula is C18H29N3O4. The number of amides is 4. The molecule has 140 valence electrons. The van der Waals surface area contributed by atoms with Crippen molar-refractivity contribution < 1.29 is 19.2 Å². The summed E-state index contributed by atoms with van der Waals surface area (Å²) in [5, 5.41) is 5.50. The van der Waals surface area contributed by atoms with Crippen molar-refractivity contribution in [2.45, 2.75) is 52.4 Å². The van der Waals surface area contributed by atoms with E-state index in [0.29, 0.717) is 31.8 Å². The van der Waals surface area contributed by atoms with Crippen molar-refractivity contribution >= 4 is 23.6 Å². The van der Waals surface area contributed by atoms with Crippen LogP contribution in [0.25, 0.3) is 0 Å². The van der Waals surface area contributed by atoms with Crippen LogP contribution in [-0.2, 0) is 19.2 Å². The first-order valence-corrected chi connectivity index (χ1v) is 9.01. The van der Waals surface area contributed by atoms with E-state index in [1.807, 2.05) is 0 Å². The molecule has 1 aliphatic heterocycles. The first kappa shape index (κ1) is 20.9. The van der Waals surface area contributed by atoms with Gasteiger partial charge in [0.25, 0.3) is 11.8 Å². The summed E-state index contributed by atoms with van der Waals surface area (Å²) in [6.07, 6.45) is 6.78. The van der Waals surface area contributed by atoms with Crippen molar-refractivity contribution in [3.8, 4) is 0 Å². The number of rotatable bonds is 12. The molecule has 0 radical (unpaired) electrons. The zero-order valence-corrected chi connectivity index (χ0v) is 15.2. The fourth-order valence-corrected chi connectivity index (χ4v) is 2.64. The summed E-state index contributed by atoms with van der Waals surface area (Å²) >= 11 is 0. The Labute approximate surface area is 149 Å². The second-order valence-corrected chi connectivity index (χ2v) is 6.40. The Morgan fingerprint density at radius 3 is 2.12 bits per heavy atom. The first-order valence-electron chi connectivity index (χ1n) is 9.01. The standard InChI is InChI=1S/C18H29N3O4/c1-3-5-14(2)7-8-16(23)20-12-11-19-15(22)6-4-13-21-17(24)9-10-18(21)25/h9-10,14H,3-8,11-13H2,1-2H3,(H,19,22)(H,20,23). The Balaban J connectivity index is 2.02. The van der Waals surface area contributed by atoms with Crippen LogP contribution in [0.2, 0.25) is 0 Å². The van der Waals surface area contributed by atoms with E-state index in [-0.39, 0.29) is 36.6 Å². The van der Waals surface area contributed by atoms with Crippen LogP contribution in [0.5, 0.6) is 0 Å². The van der Waals surface area contributed by atoms with E-state index < -0.39 is 0 Å². The minimum Gasteiger partial charge on any atom is -0.354 e. The maximum atomic E-state index is 11.7. The van der Waals surface area contributed by atoms with E-state index >= 15 is 0 Å². The lowest BCUT2D eigenvalue weighted by Crippen LogP contribution is -2.35. The number of nitrogens with zero attached hydrogens (tertiary/aromatic N) is 1. The highest BCUT2D eigenvalue weighted by Crippen LogP contribution is 2.11. The molecule has 7 heteroatoms. The molecule has 0 aliphatic carbocycles. The SMILES string of the molecule is CCCC(C)CCC(=O)NCCNC(=O)CCCN1C(=O)C=CC1=O. The normalized spacial score (nSPS) is 14.7. The zero-order chi connectivity index (χ0) is 18.7. The van der Waals surface area contributed by atoms with Crippen molar-refractivity contribution in [2.75, 3.05) is 19.6 Å². The monoisotopic (exact) mass is 351 g/mol. The van der Waals surface area contributed by atoms with Gasteiger partial charge in [-0.25, -0.2) is 0 Å². The molecule has 7 nitrogen and oxygen atoms in total. The third-order valence-electron chi connectivity index (χ3n) is 4.10. The maximum Gasteiger partial charge on any atom is 0.253 e. The Hall–Kier alpha value is -2.18. The van der Waals surface area contributed by atoms with E-state index in [2.05, 4.69) is 24.5 Å². The van der Waals surface area contributed by atoms with Gasteiger partial charge < -0.3 is 10.6 Å². The minimum atomic E-state index is -0.332. The van der Waals surface area contributed by atoms with Gasteiger partial charge in [-0.05, 0) is 18.8 Å². The highest BCUT2D eigenvalue weighted by atomic mass is 16.2. The maximum absolute atomic E-state index is 11.7. The van der Waals surface area contributed by atoms with Crippen LogP contribution in [0.1, 0.15) is 52.4 Å². The van der Waals surface area contributed by atoms with Crippen molar-refractivity contribution in [3.05, 3.63) is 12.2 Å². The van der Waals surface area contributed by atoms with Gasteiger partial charge in [0.05, 0.1) is 0 Å². The van der Waals surface area contributed by atoms with E-state index in [1.165, 1.54) is 12.2 Å². The van der Waals surface area contributed by atoms with Crippen LogP contribution in [0.15, 0.2) is 12.2 Å². The molecule has 0 saturated heterocycles. The summed E-state index contributed by atoms with van der Waals surface area (Å²) < 4.78 is 0. The molecule has 0 aromatic carbocycles. The van der Waals surface area contributed by atoms with Crippen LogP contribution < -0.4 is 10.6 Å². The van der Waals surface area contributed by atoms with Crippen LogP contribution in [0, 0.1) is 5.92 Å². The van der Waals surface area contributed by atoms with Crippen LogP contribution >= 0.6 is 0 Å². The van der Waals surface area contributed by atoms with Gasteiger partial charge in [-0.1, -0.05) is 26.7 Å². The summed E-state index contributed by atoms with van der Waals surface area (Å²) in [7, 11) is 0. The lowest BCUT2D eigenvalue weighted by atomic mass is 10.0. The number of nitrogens with one attached hydrogen (secondary N) is 2. The molecule has 1 atom stereocenters. The molecule has 0 saturated carbocycles. The quantitative estimate of drug-likeness (QED) is 0.407. The van der Waals surface area contributed by atoms with Crippen LogP contribution in [0.4, 0.5) is 0 Å². The molecule has 0 aromatic heterocycles. The van der Waals surface area contributed by atoms with Gasteiger partial charge in [0.2, 0.25) is 11.8 Å². The number of imide groups is 1. The van der Waals surface area contributed by atoms with Gasteiger partial charge in [-0.2, -0.15) is 0 Å². The molecule has 4 amide bonds. The van der Waals surface area contributed by atoms with E-state index in [4.69, 9.17) is 0 Å². The Bertz CT molecular complexity index is 498. The lowest BCUT2D eigenvalue weighted by Gasteiger charge is -2.13. The van der Waals surface area contributed by atoms with E-state index in [0.717, 1.165) is 24.2 Å². The average molecular weight is 351 g/mol. The average Bonchev–Trinajstić information content (AvgIpc) is 2.89. The van der Waals surface area contributed by atoms with Gasteiger partial charge >= 0.3 is 0 Å². The van der Waals surface area contributed by atoms with Crippen molar-refractivity contribution in [1.82, 2.24) is 15.5 Å². The largest absolute Gasteiger partial charge is 0.354 e. The van der Waals surface area contributed by atoms with Crippen LogP contribution in [0.3, 0.4) is 0 Å². The highest BCUT2D eigenvalue weighted by Gasteiger charge is 2.22. The van der Waals surface area contributed by atoms with Crippen LogP contribution in [-0.4, -0.2) is 48.2 Å². The number of hydrogen-bond donors (Lipinski definition) is 2. The lowest BCUT2D eigenvalue weighted by molar-refractivity contribution is -0.137. The minimum absolute atomic E-state index is 0.00996. The van der Waals surface area contributed by atoms with Crippen molar-refractivity contribution in [2.24, 2.45) is 5.92 Å². The predicted octanol–water partition coefficient (Wildman–Crippen LogP) is 1.14. The first-order chi connectivity index (χ1) is 11.9. The molecule has 0 spiro atoms. The van der Waals surface area contributed by atoms with Crippen molar-refractivity contribution in [1.29, 1.82) is 0 Å². The predicted molar refractivity (Wildman–Crippen MR) is 94.4 cm³/mol. The summed E-state index contributed by atoms with van der Waals surface area (Å²) in [5.74, 6) is -0.253. The fourth-order valence-electron chi connectivity index (χ4n) is 2.64. The summed E-state index contributed by atoms with van der Waals surface area (Å²) in [5.41, 5.74) is 0. The second kappa shape index (κ2) is 11.4. The fraction of sp³-hybridized carbons (Fsp3) is 0.667. The summed E-state index contributed by atoms with van der Waals surface area (Å²) in [6, 6.07) is 0. The van der Waals surface area contributed by atoms with E-state index in [1.54, 1.807) is 0 Å². The van der Waals surface area contributed by atoms with Gasteiger partial charge in [-0.15, -0.1) is 0 Å². The third-order valence-corrected chi connectivity index (χ3v) is 4.10. The number of carbonyl (C=O) groups is 4. The molecule has 1 aliphatic rings. The van der Waals surface area contributed by atoms with Gasteiger partial charge in [0.1, 0.15) is 0 Å². The second-order valence-electron chi connectivity index (χ2n) is 6.40. The topological polar surface area (TPSA) is 95.6 Å². The van der Waals surface area contributed by atoms with Crippen molar-refractivity contribution in [3.63, 3.8) is 0 Å². The third kappa shape index (κ3) is 8.47. The summed E-state index contributed by atoms with van der Waals surface area (Å²) in [6.45, 7) is 5.30. The Morgan fingerprint density at radius 1 is 1.00 bits per heavy atom. The van der Waals surface area contributed by atoms with E-state index in [9.17, 15) is 19.2 Å².